The maximum atomic E-state index is 12.9. The molecule has 0 aliphatic carbocycles. The molecule has 0 spiro atoms. The lowest BCUT2D eigenvalue weighted by Crippen LogP contribution is -3.08. The molecular formula is C18H18FN4O2+. The van der Waals surface area contributed by atoms with E-state index in [0.29, 0.717) is 23.9 Å². The SMILES string of the molecule is C[NH+](CC(=O)Nc1ccc(F)cc1)Cc1nc(-c2ccccc2)no1. The molecule has 0 fully saturated rings. The van der Waals surface area contributed by atoms with Crippen molar-refractivity contribution in [3.05, 3.63) is 66.3 Å². The quantitative estimate of drug-likeness (QED) is 0.713. The van der Waals surface area contributed by atoms with E-state index in [0.717, 1.165) is 10.5 Å². The van der Waals surface area contributed by atoms with Crippen molar-refractivity contribution in [1.82, 2.24) is 10.1 Å². The Hall–Kier alpha value is -3.06. The zero-order valence-corrected chi connectivity index (χ0v) is 13.7. The van der Waals surface area contributed by atoms with Crippen molar-refractivity contribution in [2.45, 2.75) is 6.54 Å². The number of halogens is 1. The fourth-order valence-corrected chi connectivity index (χ4v) is 2.36. The van der Waals surface area contributed by atoms with Gasteiger partial charge in [0, 0.05) is 11.3 Å². The molecular weight excluding hydrogens is 323 g/mol. The van der Waals surface area contributed by atoms with Crippen LogP contribution in [0.3, 0.4) is 0 Å². The molecule has 0 bridgehead atoms. The number of anilines is 1. The van der Waals surface area contributed by atoms with E-state index in [-0.39, 0.29) is 18.3 Å². The molecule has 0 radical (unpaired) electrons. The molecule has 0 aliphatic heterocycles. The molecule has 7 heteroatoms. The topological polar surface area (TPSA) is 72.5 Å². The molecule has 0 saturated carbocycles. The lowest BCUT2D eigenvalue weighted by Gasteiger charge is -2.11. The van der Waals surface area contributed by atoms with E-state index in [1.165, 1.54) is 24.3 Å². The van der Waals surface area contributed by atoms with Gasteiger partial charge in [0.25, 0.3) is 11.8 Å². The van der Waals surface area contributed by atoms with Crippen LogP contribution < -0.4 is 10.2 Å². The minimum Gasteiger partial charge on any atom is -0.333 e. The van der Waals surface area contributed by atoms with Crippen LogP contribution in [0.5, 0.6) is 0 Å². The average molecular weight is 341 g/mol. The molecule has 0 saturated heterocycles. The summed E-state index contributed by atoms with van der Waals surface area (Å²) >= 11 is 0. The van der Waals surface area contributed by atoms with Crippen LogP contribution >= 0.6 is 0 Å². The predicted octanol–water partition coefficient (Wildman–Crippen LogP) is 1.53. The summed E-state index contributed by atoms with van der Waals surface area (Å²) in [5.41, 5.74) is 1.44. The van der Waals surface area contributed by atoms with Crippen molar-refractivity contribution in [3.8, 4) is 11.4 Å². The summed E-state index contributed by atoms with van der Waals surface area (Å²) in [6, 6.07) is 15.2. The van der Waals surface area contributed by atoms with Gasteiger partial charge in [-0.3, -0.25) is 4.79 Å². The van der Waals surface area contributed by atoms with Crippen LogP contribution in [-0.4, -0.2) is 29.6 Å². The van der Waals surface area contributed by atoms with Crippen molar-refractivity contribution in [3.63, 3.8) is 0 Å². The number of quaternary nitrogens is 1. The highest BCUT2D eigenvalue weighted by molar-refractivity contribution is 5.91. The lowest BCUT2D eigenvalue weighted by molar-refractivity contribution is -0.886. The molecule has 1 amide bonds. The number of likely N-dealkylation sites (N-methyl/N-ethyl adjacent to an activating group) is 1. The first kappa shape index (κ1) is 16.8. The summed E-state index contributed by atoms with van der Waals surface area (Å²) in [5, 5.41) is 6.68. The van der Waals surface area contributed by atoms with Crippen molar-refractivity contribution < 1.29 is 18.6 Å². The molecule has 1 atom stereocenters. The van der Waals surface area contributed by atoms with E-state index in [1.54, 1.807) is 0 Å². The summed E-state index contributed by atoms with van der Waals surface area (Å²) in [5.74, 6) is 0.475. The number of nitrogens with zero attached hydrogens (tertiary/aromatic N) is 2. The number of hydrogen-bond acceptors (Lipinski definition) is 4. The Morgan fingerprint density at radius 1 is 1.16 bits per heavy atom. The summed E-state index contributed by atoms with van der Waals surface area (Å²) in [4.78, 5) is 17.3. The maximum absolute atomic E-state index is 12.9. The predicted molar refractivity (Wildman–Crippen MR) is 90.2 cm³/mol. The van der Waals surface area contributed by atoms with Crippen molar-refractivity contribution >= 4 is 11.6 Å². The van der Waals surface area contributed by atoms with Crippen LogP contribution in [0.2, 0.25) is 0 Å². The van der Waals surface area contributed by atoms with Crippen molar-refractivity contribution in [2.24, 2.45) is 0 Å². The number of carbonyl (C=O) groups is 1. The summed E-state index contributed by atoms with van der Waals surface area (Å²) in [6.45, 7) is 0.650. The number of carbonyl (C=O) groups excluding carboxylic acids is 1. The molecule has 0 aliphatic rings. The van der Waals surface area contributed by atoms with Gasteiger partial charge in [-0.15, -0.1) is 0 Å². The summed E-state index contributed by atoms with van der Waals surface area (Å²) in [6.07, 6.45) is 0. The fourth-order valence-electron chi connectivity index (χ4n) is 2.36. The molecule has 2 aromatic carbocycles. The van der Waals surface area contributed by atoms with Gasteiger partial charge in [-0.2, -0.15) is 4.98 Å². The summed E-state index contributed by atoms with van der Waals surface area (Å²) in [7, 11) is 1.86. The second-order valence-corrected chi connectivity index (χ2v) is 5.74. The Balaban J connectivity index is 1.54. The first-order chi connectivity index (χ1) is 12.1. The third-order valence-corrected chi connectivity index (χ3v) is 3.54. The van der Waals surface area contributed by atoms with Crippen LogP contribution in [0.4, 0.5) is 10.1 Å². The Labute approximate surface area is 144 Å². The monoisotopic (exact) mass is 341 g/mol. The van der Waals surface area contributed by atoms with Gasteiger partial charge in [-0.05, 0) is 24.3 Å². The highest BCUT2D eigenvalue weighted by Gasteiger charge is 2.16. The second-order valence-electron chi connectivity index (χ2n) is 5.74. The van der Waals surface area contributed by atoms with E-state index in [4.69, 9.17) is 4.52 Å². The molecule has 1 aromatic heterocycles. The second kappa shape index (κ2) is 7.67. The summed E-state index contributed by atoms with van der Waals surface area (Å²) < 4.78 is 18.1. The zero-order chi connectivity index (χ0) is 17.6. The first-order valence-corrected chi connectivity index (χ1v) is 7.85. The minimum atomic E-state index is -0.341. The number of hydrogen-bond donors (Lipinski definition) is 2. The van der Waals surface area contributed by atoms with Crippen molar-refractivity contribution in [2.75, 3.05) is 18.9 Å². The van der Waals surface area contributed by atoms with Crippen LogP contribution in [0.15, 0.2) is 59.1 Å². The fraction of sp³-hybridized carbons (Fsp3) is 0.167. The Bertz CT molecular complexity index is 834. The van der Waals surface area contributed by atoms with Crippen LogP contribution in [0.1, 0.15) is 5.89 Å². The zero-order valence-electron chi connectivity index (χ0n) is 13.7. The number of aromatic nitrogens is 2. The molecule has 1 heterocycles. The van der Waals surface area contributed by atoms with E-state index in [1.807, 2.05) is 37.4 Å². The van der Waals surface area contributed by atoms with E-state index in [2.05, 4.69) is 15.5 Å². The van der Waals surface area contributed by atoms with Crippen molar-refractivity contribution in [1.29, 1.82) is 0 Å². The van der Waals surface area contributed by atoms with Crippen LogP contribution in [-0.2, 0) is 11.3 Å². The van der Waals surface area contributed by atoms with Gasteiger partial charge in [0.05, 0.1) is 7.05 Å². The third kappa shape index (κ3) is 4.71. The standard InChI is InChI=1S/C18H17FN4O2/c1-23(11-16(24)20-15-9-7-14(19)8-10-15)12-17-21-18(22-25-17)13-5-3-2-4-6-13/h2-10H,11-12H2,1H3,(H,20,24)/p+1. The molecule has 25 heavy (non-hydrogen) atoms. The smallest absolute Gasteiger partial charge is 0.282 e. The Morgan fingerprint density at radius 3 is 2.60 bits per heavy atom. The molecule has 2 N–H and O–H groups in total. The van der Waals surface area contributed by atoms with Gasteiger partial charge in [-0.1, -0.05) is 35.5 Å². The van der Waals surface area contributed by atoms with Gasteiger partial charge >= 0.3 is 0 Å². The first-order valence-electron chi connectivity index (χ1n) is 7.85. The molecule has 6 nitrogen and oxygen atoms in total. The van der Waals surface area contributed by atoms with Crippen LogP contribution in [0, 0.1) is 5.82 Å². The Kier molecular flexibility index (Phi) is 5.15. The maximum Gasteiger partial charge on any atom is 0.282 e. The normalized spacial score (nSPS) is 11.9. The number of nitrogens with one attached hydrogen (secondary N) is 2. The molecule has 1 unspecified atom stereocenters. The van der Waals surface area contributed by atoms with Gasteiger partial charge in [0.15, 0.2) is 13.1 Å². The molecule has 3 rings (SSSR count). The minimum absolute atomic E-state index is 0.174. The number of amides is 1. The Morgan fingerprint density at radius 2 is 1.88 bits per heavy atom. The lowest BCUT2D eigenvalue weighted by atomic mass is 10.2. The van der Waals surface area contributed by atoms with Gasteiger partial charge in [0.2, 0.25) is 5.82 Å². The average Bonchev–Trinajstić information content (AvgIpc) is 3.06. The van der Waals surface area contributed by atoms with E-state index >= 15 is 0 Å². The van der Waals surface area contributed by atoms with Gasteiger partial charge in [0.1, 0.15) is 5.82 Å². The largest absolute Gasteiger partial charge is 0.333 e. The van der Waals surface area contributed by atoms with E-state index < -0.39 is 0 Å². The molecule has 3 aromatic rings. The highest BCUT2D eigenvalue weighted by Crippen LogP contribution is 2.14. The number of benzene rings is 2. The molecule has 128 valence electrons. The van der Waals surface area contributed by atoms with E-state index in [9.17, 15) is 9.18 Å². The third-order valence-electron chi connectivity index (χ3n) is 3.54. The van der Waals surface area contributed by atoms with Gasteiger partial charge in [-0.25, -0.2) is 4.39 Å². The number of rotatable bonds is 6. The highest BCUT2D eigenvalue weighted by atomic mass is 19.1. The van der Waals surface area contributed by atoms with Crippen LogP contribution in [0.25, 0.3) is 11.4 Å². The van der Waals surface area contributed by atoms with Gasteiger partial charge < -0.3 is 14.7 Å².